The Bertz CT molecular complexity index is 1640. The van der Waals surface area contributed by atoms with Crippen LogP contribution in [-0.4, -0.2) is 33.2 Å². The molecule has 0 amide bonds. The van der Waals surface area contributed by atoms with Crippen LogP contribution in [0.5, 0.6) is 0 Å². The maximum Gasteiger partial charge on any atom is 0.454 e. The second kappa shape index (κ2) is 14.5. The zero-order chi connectivity index (χ0) is 32.3. The van der Waals surface area contributed by atoms with Gasteiger partial charge in [-0.3, -0.25) is 9.78 Å². The van der Waals surface area contributed by atoms with Crippen molar-refractivity contribution in [1.82, 2.24) is 9.97 Å². The first-order valence-corrected chi connectivity index (χ1v) is 14.4. The SMILES string of the molecule is CCC(C)/C(O)=C/C(=O)C(F)(F)F.Cc1c(CCC(F)(F)F)sc2c(-c3[c-]c4ccccc4c(C(C)(C)C)c3)ncnc12.[Ir]. The van der Waals surface area contributed by atoms with E-state index in [4.69, 9.17) is 5.11 Å². The van der Waals surface area contributed by atoms with Crippen molar-refractivity contribution in [3.63, 3.8) is 0 Å². The van der Waals surface area contributed by atoms with Crippen LogP contribution in [0.1, 0.15) is 63.5 Å². The van der Waals surface area contributed by atoms with Gasteiger partial charge in [0.25, 0.3) is 5.78 Å². The first-order valence-electron chi connectivity index (χ1n) is 13.6. The second-order valence-electron chi connectivity index (χ2n) is 11.3. The van der Waals surface area contributed by atoms with Crippen molar-refractivity contribution in [2.45, 2.75) is 78.6 Å². The van der Waals surface area contributed by atoms with Gasteiger partial charge >= 0.3 is 12.4 Å². The topological polar surface area (TPSA) is 63.1 Å². The number of aliphatic hydroxyl groups is 1. The van der Waals surface area contributed by atoms with Crippen LogP contribution in [0.4, 0.5) is 26.3 Å². The summed E-state index contributed by atoms with van der Waals surface area (Å²) in [5.41, 5.74) is 4.20. The largest absolute Gasteiger partial charge is 0.512 e. The fourth-order valence-corrected chi connectivity index (χ4v) is 5.56. The summed E-state index contributed by atoms with van der Waals surface area (Å²) in [6, 6.07) is 13.7. The summed E-state index contributed by atoms with van der Waals surface area (Å²) in [5.74, 6) is -2.97. The van der Waals surface area contributed by atoms with Gasteiger partial charge in [-0.15, -0.1) is 40.5 Å². The summed E-state index contributed by atoms with van der Waals surface area (Å²) in [4.78, 5) is 19.9. The Morgan fingerprint density at radius 1 is 1.09 bits per heavy atom. The van der Waals surface area contributed by atoms with Crippen molar-refractivity contribution in [3.05, 3.63) is 70.6 Å². The molecule has 4 aromatic rings. The van der Waals surface area contributed by atoms with Crippen LogP contribution < -0.4 is 0 Å². The van der Waals surface area contributed by atoms with Crippen LogP contribution in [-0.2, 0) is 36.7 Å². The Balaban J connectivity index is 0.000000412. The van der Waals surface area contributed by atoms with Crippen LogP contribution in [0.15, 0.2) is 48.5 Å². The van der Waals surface area contributed by atoms with E-state index in [1.165, 1.54) is 30.2 Å². The number of nitrogens with zero attached hydrogens (tertiary/aromatic N) is 2. The van der Waals surface area contributed by atoms with Gasteiger partial charge in [0.05, 0.1) is 11.3 Å². The van der Waals surface area contributed by atoms with Crippen LogP contribution in [0.2, 0.25) is 0 Å². The minimum atomic E-state index is -4.90. The zero-order valence-electron chi connectivity index (χ0n) is 25.0. The average Bonchev–Trinajstić information content (AvgIpc) is 3.25. The van der Waals surface area contributed by atoms with E-state index in [1.54, 1.807) is 6.92 Å². The predicted molar refractivity (Wildman–Crippen MR) is 158 cm³/mol. The number of carbonyl (C=O) groups is 1. The third-order valence-electron chi connectivity index (χ3n) is 6.95. The molecule has 0 aliphatic heterocycles. The fourth-order valence-electron chi connectivity index (χ4n) is 4.30. The molecule has 241 valence electrons. The van der Waals surface area contributed by atoms with Gasteiger partial charge in [0.1, 0.15) is 6.33 Å². The number of aliphatic hydroxyl groups excluding tert-OH is 1. The van der Waals surface area contributed by atoms with E-state index in [-0.39, 0.29) is 38.0 Å². The molecule has 4 nitrogen and oxygen atoms in total. The van der Waals surface area contributed by atoms with E-state index in [0.29, 0.717) is 11.3 Å². The maximum absolute atomic E-state index is 12.7. The molecule has 0 fully saturated rings. The van der Waals surface area contributed by atoms with E-state index in [0.717, 1.165) is 37.8 Å². The molecule has 0 aliphatic carbocycles. The van der Waals surface area contributed by atoms with Crippen LogP contribution in [0, 0.1) is 18.9 Å². The number of rotatable bonds is 6. The molecule has 0 saturated heterocycles. The zero-order valence-corrected chi connectivity index (χ0v) is 28.2. The van der Waals surface area contributed by atoms with Crippen molar-refractivity contribution < 1.29 is 56.3 Å². The Morgan fingerprint density at radius 2 is 1.73 bits per heavy atom. The molecule has 0 aliphatic rings. The van der Waals surface area contributed by atoms with Crippen molar-refractivity contribution in [3.8, 4) is 11.3 Å². The van der Waals surface area contributed by atoms with Gasteiger partial charge in [0.15, 0.2) is 0 Å². The minimum Gasteiger partial charge on any atom is -0.512 e. The first kappa shape index (κ1) is 37.4. The maximum atomic E-state index is 12.7. The molecule has 2 aromatic carbocycles. The van der Waals surface area contributed by atoms with Gasteiger partial charge in [0.2, 0.25) is 0 Å². The summed E-state index contributed by atoms with van der Waals surface area (Å²) in [6.07, 6.45) is -7.75. The fraction of sp³-hybridized carbons (Fsp3) is 0.406. The molecule has 1 N–H and O–H groups in total. The van der Waals surface area contributed by atoms with E-state index >= 15 is 0 Å². The second-order valence-corrected chi connectivity index (χ2v) is 12.4. The molecule has 2 aromatic heterocycles. The molecular weight excluding hydrogens is 783 g/mol. The van der Waals surface area contributed by atoms with Crippen molar-refractivity contribution >= 4 is 38.1 Å². The van der Waals surface area contributed by atoms with Gasteiger partial charge in [-0.05, 0) is 30.7 Å². The molecule has 4 rings (SSSR count). The van der Waals surface area contributed by atoms with E-state index in [9.17, 15) is 31.1 Å². The number of hydrogen-bond donors (Lipinski definition) is 1. The Hall–Kier alpha value is -2.82. The van der Waals surface area contributed by atoms with E-state index < -0.39 is 36.2 Å². The number of alkyl halides is 6. The summed E-state index contributed by atoms with van der Waals surface area (Å²) < 4.78 is 74.1. The number of benzene rings is 2. The van der Waals surface area contributed by atoms with Crippen molar-refractivity contribution in [2.24, 2.45) is 5.92 Å². The summed E-state index contributed by atoms with van der Waals surface area (Å²) in [5, 5.41) is 11.1. The average molecular weight is 816 g/mol. The van der Waals surface area contributed by atoms with Gasteiger partial charge in [-0.2, -0.15) is 26.3 Å². The smallest absolute Gasteiger partial charge is 0.454 e. The Labute approximate surface area is 270 Å². The number of ketones is 1. The molecule has 1 radical (unpaired) electrons. The van der Waals surface area contributed by atoms with Crippen molar-refractivity contribution in [2.75, 3.05) is 0 Å². The van der Waals surface area contributed by atoms with E-state index in [2.05, 4.69) is 48.9 Å². The monoisotopic (exact) mass is 816 g/mol. The number of hydrogen-bond acceptors (Lipinski definition) is 5. The third-order valence-corrected chi connectivity index (χ3v) is 8.30. The first-order chi connectivity index (χ1) is 19.8. The van der Waals surface area contributed by atoms with Crippen LogP contribution >= 0.6 is 11.3 Å². The van der Waals surface area contributed by atoms with Crippen molar-refractivity contribution in [1.29, 1.82) is 0 Å². The minimum absolute atomic E-state index is 0. The summed E-state index contributed by atoms with van der Waals surface area (Å²) >= 11 is 1.36. The molecule has 0 saturated carbocycles. The standard InChI is InChI=1S/C24H22F3N2S.C8H11F3O2.Ir/c1-14-19(9-10-24(25,26)27)30-22-20(14)28-13-29-21(22)16-11-15-7-5-6-8-17(15)18(12-16)23(2,3)4;1-3-5(2)6(12)4-7(13)8(9,10)11;/h5-8,12-13H,9-10H2,1-4H3;4-5,12H,3H2,1-2H3;/q-1;;/b;6-4-;. The number of halogens is 6. The molecule has 12 heteroatoms. The molecule has 0 spiro atoms. The van der Waals surface area contributed by atoms with E-state index in [1.807, 2.05) is 25.1 Å². The molecule has 1 unspecified atom stereocenters. The van der Waals surface area contributed by atoms with Gasteiger partial charge in [-0.1, -0.05) is 63.8 Å². The number of carbonyl (C=O) groups excluding carboxylic acids is 1. The molecule has 1 atom stereocenters. The Kier molecular flexibility index (Phi) is 12.3. The number of aryl methyl sites for hydroxylation is 2. The van der Waals surface area contributed by atoms with Gasteiger partial charge in [-0.25, -0.2) is 4.98 Å². The number of fused-ring (bicyclic) bond motifs is 2. The molecule has 0 bridgehead atoms. The molecular formula is C32H33F6IrN2O2S-. The number of aromatic nitrogens is 2. The quantitative estimate of drug-likeness (QED) is 0.0912. The Morgan fingerprint density at radius 3 is 2.30 bits per heavy atom. The third kappa shape index (κ3) is 9.34. The van der Waals surface area contributed by atoms with Gasteiger partial charge in [0, 0.05) is 53.8 Å². The summed E-state index contributed by atoms with van der Waals surface area (Å²) in [7, 11) is 0. The normalized spacial score (nSPS) is 13.3. The predicted octanol–water partition coefficient (Wildman–Crippen LogP) is 10.0. The van der Waals surface area contributed by atoms with Crippen LogP contribution in [0.3, 0.4) is 0 Å². The molecule has 2 heterocycles. The summed E-state index contributed by atoms with van der Waals surface area (Å²) in [6.45, 7) is 11.6. The van der Waals surface area contributed by atoms with Crippen LogP contribution in [0.25, 0.3) is 32.2 Å². The van der Waals surface area contributed by atoms with Gasteiger partial charge < -0.3 is 5.11 Å². The number of allylic oxidation sites excluding steroid dienone is 2. The molecule has 44 heavy (non-hydrogen) atoms. The number of thiophene rings is 1.